The number of hydrogen-bond acceptors (Lipinski definition) is 5. The third-order valence-corrected chi connectivity index (χ3v) is 9.86. The minimum atomic E-state index is -3.27. The maximum Gasteiger partial charge on any atom is 0.181 e. The number of sulfone groups is 1. The first-order valence-corrected chi connectivity index (χ1v) is 13.9. The highest BCUT2D eigenvalue weighted by molar-refractivity contribution is 7.92. The van der Waals surface area contributed by atoms with Gasteiger partial charge in [0, 0.05) is 24.2 Å². The summed E-state index contributed by atoms with van der Waals surface area (Å²) in [5, 5.41) is 9.80. The number of benzene rings is 1. The number of aliphatic hydroxyl groups is 1. The van der Waals surface area contributed by atoms with Crippen molar-refractivity contribution in [2.75, 3.05) is 0 Å². The number of hydrogen-bond donors (Lipinski definition) is 1. The van der Waals surface area contributed by atoms with Gasteiger partial charge in [0.2, 0.25) is 0 Å². The van der Waals surface area contributed by atoms with E-state index in [1.54, 1.807) is 12.3 Å². The van der Waals surface area contributed by atoms with Gasteiger partial charge < -0.3 is 5.11 Å². The van der Waals surface area contributed by atoms with Crippen LogP contribution in [0.2, 0.25) is 0 Å². The van der Waals surface area contributed by atoms with E-state index in [9.17, 15) is 18.3 Å². The molecule has 1 aromatic heterocycles. The first-order valence-electron chi connectivity index (χ1n) is 12.3. The molecule has 0 spiro atoms. The van der Waals surface area contributed by atoms with Crippen LogP contribution in [0.3, 0.4) is 0 Å². The summed E-state index contributed by atoms with van der Waals surface area (Å²) in [6.45, 7) is 1.98. The smallest absolute Gasteiger partial charge is 0.181 e. The Hall–Kier alpha value is -1.76. The molecule has 2 aromatic rings. The number of ketones is 1. The molecule has 0 radical (unpaired) electrons. The molecule has 0 bridgehead atoms. The molecule has 0 amide bonds. The molecule has 3 fully saturated rings. The zero-order valence-electron chi connectivity index (χ0n) is 19.7. The third kappa shape index (κ3) is 5.55. The maximum absolute atomic E-state index is 13.5. The molecule has 5 nitrogen and oxygen atoms in total. The quantitative estimate of drug-likeness (QED) is 0.516. The number of halogens is 1. The Balaban J connectivity index is 0.00000274. The number of Topliss-reactive ketones (excluding diaryl/α,β-unsaturated/α-hetero) is 1. The lowest BCUT2D eigenvalue weighted by atomic mass is 9.82. The predicted molar refractivity (Wildman–Crippen MR) is 134 cm³/mol. The van der Waals surface area contributed by atoms with Crippen LogP contribution in [0, 0.1) is 12.8 Å². The third-order valence-electron chi connectivity index (χ3n) is 7.52. The number of aryl methyl sites for hydroxylation is 1. The zero-order valence-corrected chi connectivity index (χ0v) is 21.3. The second-order valence-electron chi connectivity index (χ2n) is 10.4. The first kappa shape index (κ1) is 25.3. The SMILES string of the molecule is Cc1ccc(CC(=O)[C@H](C[C@H]2CCC(O)C2)c2ccc(S(=O)(=O)C3CC3)c(C3CC3)c2)nc1.Cl. The zero-order chi connectivity index (χ0) is 23.2. The molecule has 1 heterocycles. The molecule has 7 heteroatoms. The van der Waals surface area contributed by atoms with Crippen LogP contribution < -0.4 is 0 Å². The van der Waals surface area contributed by atoms with E-state index in [1.165, 1.54) is 0 Å². The minimum absolute atomic E-state index is 0. The van der Waals surface area contributed by atoms with E-state index in [2.05, 4.69) is 4.98 Å². The fourth-order valence-corrected chi connectivity index (χ4v) is 7.20. The molecule has 34 heavy (non-hydrogen) atoms. The van der Waals surface area contributed by atoms with Gasteiger partial charge in [0.1, 0.15) is 5.78 Å². The van der Waals surface area contributed by atoms with Crippen molar-refractivity contribution in [3.8, 4) is 0 Å². The number of pyridine rings is 1. The van der Waals surface area contributed by atoms with E-state index in [-0.39, 0.29) is 47.8 Å². The predicted octanol–water partition coefficient (Wildman–Crippen LogP) is 5.07. The van der Waals surface area contributed by atoms with E-state index in [0.29, 0.717) is 17.2 Å². The fourth-order valence-electron chi connectivity index (χ4n) is 5.27. The van der Waals surface area contributed by atoms with Crippen LogP contribution in [0.1, 0.15) is 85.6 Å². The normalized spacial score (nSPS) is 23.4. The second kappa shape index (κ2) is 10.1. The summed E-state index contributed by atoms with van der Waals surface area (Å²) in [6.07, 6.45) is 8.44. The van der Waals surface area contributed by atoms with Crippen molar-refractivity contribution in [2.24, 2.45) is 5.92 Å². The first-order chi connectivity index (χ1) is 15.8. The summed E-state index contributed by atoms with van der Waals surface area (Å²) < 4.78 is 26.1. The summed E-state index contributed by atoms with van der Waals surface area (Å²) in [6, 6.07) is 9.54. The Bertz CT molecular complexity index is 1140. The highest BCUT2D eigenvalue weighted by Gasteiger charge is 2.41. The Morgan fingerprint density at radius 1 is 1.09 bits per heavy atom. The van der Waals surface area contributed by atoms with Crippen LogP contribution in [0.4, 0.5) is 0 Å². The van der Waals surface area contributed by atoms with Gasteiger partial charge in [0.05, 0.1) is 16.2 Å². The van der Waals surface area contributed by atoms with Crippen molar-refractivity contribution in [3.05, 3.63) is 58.9 Å². The molecule has 0 aliphatic heterocycles. The second-order valence-corrected chi connectivity index (χ2v) is 12.6. The Morgan fingerprint density at radius 3 is 2.44 bits per heavy atom. The lowest BCUT2D eigenvalue weighted by Gasteiger charge is -2.22. The lowest BCUT2D eigenvalue weighted by molar-refractivity contribution is -0.120. The topological polar surface area (TPSA) is 84.3 Å². The summed E-state index contributed by atoms with van der Waals surface area (Å²) in [5.41, 5.74) is 3.66. The molecule has 3 atom stereocenters. The highest BCUT2D eigenvalue weighted by Crippen LogP contribution is 2.47. The van der Waals surface area contributed by atoms with E-state index in [4.69, 9.17) is 0 Å². The Labute approximate surface area is 208 Å². The van der Waals surface area contributed by atoms with Gasteiger partial charge in [-0.1, -0.05) is 18.2 Å². The van der Waals surface area contributed by atoms with Gasteiger partial charge in [-0.25, -0.2) is 8.42 Å². The Kier molecular flexibility index (Phi) is 7.51. The van der Waals surface area contributed by atoms with Crippen molar-refractivity contribution < 1.29 is 18.3 Å². The van der Waals surface area contributed by atoms with Crippen LogP contribution in [0.5, 0.6) is 0 Å². The van der Waals surface area contributed by atoms with E-state index >= 15 is 0 Å². The van der Waals surface area contributed by atoms with Crippen LogP contribution in [0.15, 0.2) is 41.4 Å². The molecule has 184 valence electrons. The number of aliphatic hydroxyl groups excluding tert-OH is 1. The number of nitrogens with zero attached hydrogens (tertiary/aromatic N) is 1. The van der Waals surface area contributed by atoms with Crippen molar-refractivity contribution in [2.45, 2.75) is 92.8 Å². The van der Waals surface area contributed by atoms with Crippen molar-refractivity contribution in [1.82, 2.24) is 4.98 Å². The van der Waals surface area contributed by atoms with Crippen LogP contribution in [-0.2, 0) is 21.1 Å². The van der Waals surface area contributed by atoms with Gasteiger partial charge in [-0.2, -0.15) is 0 Å². The number of aromatic nitrogens is 1. The maximum atomic E-state index is 13.5. The monoisotopic (exact) mass is 503 g/mol. The van der Waals surface area contributed by atoms with Gasteiger partial charge in [0.15, 0.2) is 9.84 Å². The molecular weight excluding hydrogens is 470 g/mol. The molecule has 1 N–H and O–H groups in total. The van der Waals surface area contributed by atoms with E-state index in [0.717, 1.165) is 67.3 Å². The van der Waals surface area contributed by atoms with E-state index in [1.807, 2.05) is 31.2 Å². The highest BCUT2D eigenvalue weighted by atomic mass is 35.5. The molecule has 5 rings (SSSR count). The summed E-state index contributed by atoms with van der Waals surface area (Å²) >= 11 is 0. The van der Waals surface area contributed by atoms with Crippen molar-refractivity contribution in [3.63, 3.8) is 0 Å². The van der Waals surface area contributed by atoms with Gasteiger partial charge >= 0.3 is 0 Å². The molecule has 3 aliphatic rings. The van der Waals surface area contributed by atoms with Gasteiger partial charge in [0.25, 0.3) is 0 Å². The molecule has 3 saturated carbocycles. The molecule has 1 unspecified atom stereocenters. The van der Waals surface area contributed by atoms with Gasteiger partial charge in [-0.05, 0) is 98.9 Å². The molecule has 0 saturated heterocycles. The number of carbonyl (C=O) groups is 1. The van der Waals surface area contributed by atoms with Crippen molar-refractivity contribution in [1.29, 1.82) is 0 Å². The molecule has 1 aromatic carbocycles. The van der Waals surface area contributed by atoms with Crippen molar-refractivity contribution >= 4 is 28.0 Å². The Morgan fingerprint density at radius 2 is 1.85 bits per heavy atom. The summed E-state index contributed by atoms with van der Waals surface area (Å²) in [7, 11) is -3.27. The van der Waals surface area contributed by atoms with Gasteiger partial charge in [-0.3, -0.25) is 9.78 Å². The van der Waals surface area contributed by atoms with Crippen LogP contribution >= 0.6 is 12.4 Å². The summed E-state index contributed by atoms with van der Waals surface area (Å²) in [5.74, 6) is 0.404. The average Bonchev–Trinajstić information content (AvgIpc) is 3.70. The fraction of sp³-hybridized carbons (Fsp3) is 0.556. The summed E-state index contributed by atoms with van der Waals surface area (Å²) in [4.78, 5) is 18.5. The largest absolute Gasteiger partial charge is 0.393 e. The number of carbonyl (C=O) groups excluding carboxylic acids is 1. The lowest BCUT2D eigenvalue weighted by Crippen LogP contribution is -2.20. The number of rotatable bonds is 9. The minimum Gasteiger partial charge on any atom is -0.393 e. The van der Waals surface area contributed by atoms with Crippen LogP contribution in [-0.4, -0.2) is 35.6 Å². The van der Waals surface area contributed by atoms with E-state index < -0.39 is 9.84 Å². The molecular formula is C27H34ClNO4S. The standard InChI is InChI=1S/C27H33NO4S.ClH/c1-17-2-7-21(28-16-17)15-26(30)24(13-18-3-8-22(29)12-18)20-6-11-27(25(14-20)19-4-5-19)33(31,32)23-9-10-23;/h2,6-7,11,14,16,18-19,22-24,29H,3-5,8-10,12-13,15H2,1H3;1H/t18-,22?,24+;/m0./s1. The van der Waals surface area contributed by atoms with Gasteiger partial charge in [-0.15, -0.1) is 12.4 Å². The van der Waals surface area contributed by atoms with Crippen LogP contribution in [0.25, 0.3) is 0 Å². The average molecular weight is 504 g/mol. The molecule has 3 aliphatic carbocycles.